The molecule has 0 saturated heterocycles. The highest BCUT2D eigenvalue weighted by molar-refractivity contribution is 7.26. The molecule has 3 aromatic heterocycles. The maximum Gasteiger partial charge on any atom is 0.167 e. The fraction of sp³-hybridized carbons (Fsp3) is 0. The van der Waals surface area contributed by atoms with Crippen molar-refractivity contribution in [1.82, 2.24) is 15.0 Å². The zero-order valence-electron chi connectivity index (χ0n) is 26.7. The molecule has 0 radical (unpaired) electrons. The number of furan rings is 1. The Bertz CT molecular complexity index is 2800. The lowest BCUT2D eigenvalue weighted by Gasteiger charge is -2.09. The predicted molar refractivity (Wildman–Crippen MR) is 207 cm³/mol. The molecule has 0 aliphatic carbocycles. The maximum absolute atomic E-state index is 6.99. The Kier molecular flexibility index (Phi) is 6.64. The molecule has 50 heavy (non-hydrogen) atoms. The Morgan fingerprint density at radius 3 is 1.54 bits per heavy atom. The van der Waals surface area contributed by atoms with Crippen molar-refractivity contribution in [1.29, 1.82) is 0 Å². The van der Waals surface area contributed by atoms with Crippen LogP contribution in [0, 0.1) is 0 Å². The van der Waals surface area contributed by atoms with Crippen LogP contribution in [-0.2, 0) is 0 Å². The maximum atomic E-state index is 6.99. The number of rotatable bonds is 5. The summed E-state index contributed by atoms with van der Waals surface area (Å²) in [4.78, 5) is 15.0. The number of aromatic nitrogens is 3. The van der Waals surface area contributed by atoms with Crippen molar-refractivity contribution in [2.75, 3.05) is 0 Å². The highest BCUT2D eigenvalue weighted by Gasteiger charge is 2.21. The molecule has 0 saturated carbocycles. The molecule has 5 heteroatoms. The van der Waals surface area contributed by atoms with Gasteiger partial charge < -0.3 is 4.42 Å². The molecule has 0 fully saturated rings. The van der Waals surface area contributed by atoms with Crippen molar-refractivity contribution in [3.8, 4) is 56.4 Å². The number of fused-ring (bicyclic) bond motifs is 6. The zero-order chi connectivity index (χ0) is 33.0. The summed E-state index contributed by atoms with van der Waals surface area (Å²) in [5.74, 6) is 1.81. The van der Waals surface area contributed by atoms with Crippen molar-refractivity contribution in [2.24, 2.45) is 0 Å². The summed E-state index contributed by atoms with van der Waals surface area (Å²) in [5, 5.41) is 4.60. The minimum Gasteiger partial charge on any atom is -0.455 e. The zero-order valence-corrected chi connectivity index (χ0v) is 27.6. The van der Waals surface area contributed by atoms with E-state index in [-0.39, 0.29) is 0 Å². The summed E-state index contributed by atoms with van der Waals surface area (Å²) >= 11 is 1.83. The Morgan fingerprint density at radius 2 is 0.880 bits per heavy atom. The van der Waals surface area contributed by atoms with Gasteiger partial charge in [0.15, 0.2) is 17.5 Å². The van der Waals surface area contributed by atoms with Crippen LogP contribution in [0.5, 0.6) is 0 Å². The van der Waals surface area contributed by atoms with Crippen LogP contribution in [0.2, 0.25) is 0 Å². The Hall–Kier alpha value is -6.43. The third kappa shape index (κ3) is 4.71. The minimum atomic E-state index is 0.571. The van der Waals surface area contributed by atoms with Gasteiger partial charge in [-0.05, 0) is 35.4 Å². The van der Waals surface area contributed by atoms with Crippen molar-refractivity contribution in [2.45, 2.75) is 0 Å². The van der Waals surface area contributed by atoms with Crippen molar-refractivity contribution in [3.63, 3.8) is 0 Å². The molecule has 10 rings (SSSR count). The molecular formula is C45H27N3OS. The average molecular weight is 658 g/mol. The van der Waals surface area contributed by atoms with Gasteiger partial charge in [-0.3, -0.25) is 0 Å². The highest BCUT2D eigenvalue weighted by Crippen LogP contribution is 2.46. The van der Waals surface area contributed by atoms with Crippen LogP contribution in [0.25, 0.3) is 98.5 Å². The second kappa shape index (κ2) is 11.6. The predicted octanol–water partition coefficient (Wildman–Crippen LogP) is 12.5. The van der Waals surface area contributed by atoms with Crippen molar-refractivity contribution in [3.05, 3.63) is 164 Å². The summed E-state index contributed by atoms with van der Waals surface area (Å²) in [7, 11) is 0. The standard InChI is InChI=1S/C45H27N3OS/c1-4-14-28(15-5-1)31-26-37-32-20-10-11-25-39(32)50-42(37)38(27-31)35-23-12-21-33-34-22-13-24-36(41(34)49-40(33)35)45-47-43(29-16-6-2-7-17-29)46-44(48-45)30-18-8-3-9-19-30/h1-27H. The van der Waals surface area contributed by atoms with Gasteiger partial charge in [0, 0.05) is 53.2 Å². The number of hydrogen-bond acceptors (Lipinski definition) is 5. The van der Waals surface area contributed by atoms with E-state index in [1.165, 1.54) is 31.3 Å². The van der Waals surface area contributed by atoms with E-state index < -0.39 is 0 Å². The summed E-state index contributed by atoms with van der Waals surface area (Å²) in [6, 6.07) is 56.8. The first-order valence-electron chi connectivity index (χ1n) is 16.6. The Balaban J connectivity index is 1.23. The van der Waals surface area contributed by atoms with E-state index >= 15 is 0 Å². The SMILES string of the molecule is c1ccc(-c2cc(-c3cccc4c3oc3c(-c5nc(-c6ccccc6)nc(-c6ccccc6)n5)cccc34)c3sc4ccccc4c3c2)cc1. The number of para-hydroxylation sites is 2. The van der Waals surface area contributed by atoms with Gasteiger partial charge in [0.1, 0.15) is 11.2 Å². The Morgan fingerprint density at radius 1 is 0.360 bits per heavy atom. The molecule has 0 atom stereocenters. The van der Waals surface area contributed by atoms with Crippen LogP contribution in [0.15, 0.2) is 168 Å². The molecule has 0 N–H and O–H groups in total. The smallest absolute Gasteiger partial charge is 0.167 e. The van der Waals surface area contributed by atoms with Gasteiger partial charge >= 0.3 is 0 Å². The summed E-state index contributed by atoms with van der Waals surface area (Å²) < 4.78 is 9.50. The molecule has 234 valence electrons. The molecule has 4 nitrogen and oxygen atoms in total. The summed E-state index contributed by atoms with van der Waals surface area (Å²) in [6.45, 7) is 0. The molecule has 0 aliphatic heterocycles. The van der Waals surface area contributed by atoms with Gasteiger partial charge in [-0.15, -0.1) is 11.3 Å². The molecule has 0 unspecified atom stereocenters. The van der Waals surface area contributed by atoms with E-state index in [1.807, 2.05) is 78.1 Å². The lowest BCUT2D eigenvalue weighted by atomic mass is 9.95. The molecular weight excluding hydrogens is 631 g/mol. The van der Waals surface area contributed by atoms with Gasteiger partial charge in [-0.1, -0.05) is 140 Å². The fourth-order valence-corrected chi connectivity index (χ4v) is 8.17. The largest absolute Gasteiger partial charge is 0.455 e. The monoisotopic (exact) mass is 657 g/mol. The van der Waals surface area contributed by atoms with Crippen molar-refractivity contribution < 1.29 is 4.42 Å². The minimum absolute atomic E-state index is 0.571. The van der Waals surface area contributed by atoms with E-state index in [1.54, 1.807) is 0 Å². The van der Waals surface area contributed by atoms with Gasteiger partial charge in [0.2, 0.25) is 0 Å². The van der Waals surface area contributed by atoms with E-state index in [0.717, 1.165) is 49.8 Å². The number of hydrogen-bond donors (Lipinski definition) is 0. The second-order valence-electron chi connectivity index (χ2n) is 12.4. The first-order chi connectivity index (χ1) is 24.8. The number of thiophene rings is 1. The molecule has 0 amide bonds. The molecule has 10 aromatic rings. The lowest BCUT2D eigenvalue weighted by Crippen LogP contribution is -2.00. The average Bonchev–Trinajstić information content (AvgIpc) is 3.77. The number of nitrogens with zero attached hydrogens (tertiary/aromatic N) is 3. The van der Waals surface area contributed by atoms with E-state index in [4.69, 9.17) is 19.4 Å². The third-order valence-corrected chi connectivity index (χ3v) is 10.6. The number of benzene rings is 7. The molecule has 7 aromatic carbocycles. The van der Waals surface area contributed by atoms with Crippen molar-refractivity contribution >= 4 is 53.4 Å². The van der Waals surface area contributed by atoms with Crippen LogP contribution in [0.4, 0.5) is 0 Å². The molecule has 0 spiro atoms. The van der Waals surface area contributed by atoms with Gasteiger partial charge in [-0.25, -0.2) is 15.0 Å². The lowest BCUT2D eigenvalue weighted by molar-refractivity contribution is 0.670. The van der Waals surface area contributed by atoms with Crippen LogP contribution in [0.1, 0.15) is 0 Å². The molecule has 3 heterocycles. The molecule has 0 aliphatic rings. The first kappa shape index (κ1) is 28.6. The van der Waals surface area contributed by atoms with Gasteiger partial charge in [0.05, 0.1) is 5.56 Å². The van der Waals surface area contributed by atoms with Crippen LogP contribution in [-0.4, -0.2) is 15.0 Å². The van der Waals surface area contributed by atoms with Gasteiger partial charge in [0.25, 0.3) is 0 Å². The van der Waals surface area contributed by atoms with Gasteiger partial charge in [-0.2, -0.15) is 0 Å². The van der Waals surface area contributed by atoms with Crippen LogP contribution < -0.4 is 0 Å². The summed E-state index contributed by atoms with van der Waals surface area (Å²) in [5.41, 5.74) is 8.87. The van der Waals surface area contributed by atoms with Crippen LogP contribution in [0.3, 0.4) is 0 Å². The normalized spacial score (nSPS) is 11.6. The highest BCUT2D eigenvalue weighted by atomic mass is 32.1. The quantitative estimate of drug-likeness (QED) is 0.185. The van der Waals surface area contributed by atoms with E-state index in [9.17, 15) is 0 Å². The van der Waals surface area contributed by atoms with E-state index in [2.05, 4.69) is 97.1 Å². The second-order valence-corrected chi connectivity index (χ2v) is 13.4. The molecule has 0 bridgehead atoms. The van der Waals surface area contributed by atoms with E-state index in [0.29, 0.717) is 17.5 Å². The Labute approximate surface area is 292 Å². The fourth-order valence-electron chi connectivity index (χ4n) is 6.96. The first-order valence-corrected chi connectivity index (χ1v) is 17.4. The summed E-state index contributed by atoms with van der Waals surface area (Å²) in [6.07, 6.45) is 0. The van der Waals surface area contributed by atoms with Crippen LogP contribution >= 0.6 is 11.3 Å². The topological polar surface area (TPSA) is 51.8 Å². The third-order valence-electron chi connectivity index (χ3n) is 9.34.